The fraction of sp³-hybridized carbons (Fsp3) is 0.588. The summed E-state index contributed by atoms with van der Waals surface area (Å²) < 4.78 is 0. The highest BCUT2D eigenvalue weighted by Gasteiger charge is 2.39. The Hall–Kier alpha value is -2.11. The standard InChI is InChI=1S/C17H23N3O3/c21-17(11-14-10-12-5-6-13(14)9-12)19-8-7-18-15-3-1-2-4-16(15)20(22)23/h1-4,12-14,18H,5-11H2,(H,19,21). The molecule has 6 heteroatoms. The van der Waals surface area contributed by atoms with Gasteiger partial charge in [0.05, 0.1) is 4.92 Å². The van der Waals surface area contributed by atoms with Crippen molar-refractivity contribution in [2.24, 2.45) is 17.8 Å². The van der Waals surface area contributed by atoms with E-state index < -0.39 is 4.92 Å². The van der Waals surface area contributed by atoms with E-state index in [1.807, 2.05) is 0 Å². The summed E-state index contributed by atoms with van der Waals surface area (Å²) in [5.74, 6) is 2.29. The molecule has 2 aliphatic rings. The Morgan fingerprint density at radius 3 is 2.74 bits per heavy atom. The van der Waals surface area contributed by atoms with Crippen LogP contribution in [-0.4, -0.2) is 23.9 Å². The van der Waals surface area contributed by atoms with E-state index in [0.29, 0.717) is 31.1 Å². The third-order valence-electron chi connectivity index (χ3n) is 5.20. The molecule has 2 saturated carbocycles. The van der Waals surface area contributed by atoms with Crippen LogP contribution in [0.3, 0.4) is 0 Å². The monoisotopic (exact) mass is 317 g/mol. The first-order chi connectivity index (χ1) is 11.1. The van der Waals surface area contributed by atoms with Crippen molar-refractivity contribution in [1.82, 2.24) is 5.32 Å². The Labute approximate surface area is 135 Å². The van der Waals surface area contributed by atoms with Gasteiger partial charge in [-0.05, 0) is 43.1 Å². The summed E-state index contributed by atoms with van der Waals surface area (Å²) in [7, 11) is 0. The smallest absolute Gasteiger partial charge is 0.292 e. The van der Waals surface area contributed by atoms with Crippen LogP contribution in [0.4, 0.5) is 11.4 Å². The van der Waals surface area contributed by atoms with Crippen LogP contribution >= 0.6 is 0 Å². The highest BCUT2D eigenvalue weighted by molar-refractivity contribution is 5.76. The van der Waals surface area contributed by atoms with E-state index in [2.05, 4.69) is 10.6 Å². The van der Waals surface area contributed by atoms with Crippen LogP contribution in [-0.2, 0) is 4.79 Å². The van der Waals surface area contributed by atoms with Crippen molar-refractivity contribution < 1.29 is 9.72 Å². The number of carbonyl (C=O) groups is 1. The molecule has 2 bridgehead atoms. The van der Waals surface area contributed by atoms with Crippen LogP contribution < -0.4 is 10.6 Å². The summed E-state index contributed by atoms with van der Waals surface area (Å²) in [5, 5.41) is 16.8. The van der Waals surface area contributed by atoms with E-state index in [1.54, 1.807) is 18.2 Å². The summed E-state index contributed by atoms with van der Waals surface area (Å²) in [5.41, 5.74) is 0.542. The molecule has 3 rings (SSSR count). The number of para-hydroxylation sites is 2. The molecule has 0 spiro atoms. The maximum absolute atomic E-state index is 12.0. The van der Waals surface area contributed by atoms with E-state index in [9.17, 15) is 14.9 Å². The number of amides is 1. The van der Waals surface area contributed by atoms with E-state index in [1.165, 1.54) is 31.7 Å². The molecule has 2 fully saturated rings. The Kier molecular flexibility index (Phi) is 4.79. The highest BCUT2D eigenvalue weighted by atomic mass is 16.6. The summed E-state index contributed by atoms with van der Waals surface area (Å²) >= 11 is 0. The molecule has 1 aromatic rings. The molecular formula is C17H23N3O3. The van der Waals surface area contributed by atoms with Crippen molar-refractivity contribution in [1.29, 1.82) is 0 Å². The fourth-order valence-electron chi connectivity index (χ4n) is 4.12. The first-order valence-corrected chi connectivity index (χ1v) is 8.37. The summed E-state index contributed by atoms with van der Waals surface area (Å²) in [6, 6.07) is 6.54. The molecule has 124 valence electrons. The molecule has 6 nitrogen and oxygen atoms in total. The predicted molar refractivity (Wildman–Crippen MR) is 88.2 cm³/mol. The van der Waals surface area contributed by atoms with Gasteiger partial charge >= 0.3 is 0 Å². The lowest BCUT2D eigenvalue weighted by molar-refractivity contribution is -0.384. The van der Waals surface area contributed by atoms with E-state index in [0.717, 1.165) is 11.8 Å². The van der Waals surface area contributed by atoms with Crippen molar-refractivity contribution in [3.8, 4) is 0 Å². The molecule has 1 amide bonds. The zero-order chi connectivity index (χ0) is 16.2. The third-order valence-corrected chi connectivity index (χ3v) is 5.20. The minimum Gasteiger partial charge on any atom is -0.378 e. The number of fused-ring (bicyclic) bond motifs is 2. The van der Waals surface area contributed by atoms with Gasteiger partial charge in [-0.2, -0.15) is 0 Å². The highest BCUT2D eigenvalue weighted by Crippen LogP contribution is 2.49. The number of benzene rings is 1. The van der Waals surface area contributed by atoms with Crippen molar-refractivity contribution >= 4 is 17.3 Å². The van der Waals surface area contributed by atoms with Crippen molar-refractivity contribution in [3.63, 3.8) is 0 Å². The number of carbonyl (C=O) groups excluding carboxylic acids is 1. The molecule has 1 aromatic carbocycles. The largest absolute Gasteiger partial charge is 0.378 e. The molecule has 0 aliphatic heterocycles. The molecular weight excluding hydrogens is 294 g/mol. The van der Waals surface area contributed by atoms with Gasteiger partial charge in [0.15, 0.2) is 0 Å². The molecule has 0 saturated heterocycles. The normalized spacial score (nSPS) is 25.3. The average Bonchev–Trinajstić information content (AvgIpc) is 3.14. The predicted octanol–water partition coefficient (Wildman–Crippen LogP) is 2.95. The quantitative estimate of drug-likeness (QED) is 0.460. The number of rotatable bonds is 7. The summed E-state index contributed by atoms with van der Waals surface area (Å²) in [4.78, 5) is 22.5. The van der Waals surface area contributed by atoms with Gasteiger partial charge in [-0.3, -0.25) is 14.9 Å². The first kappa shape index (κ1) is 15.8. The number of hydrogen-bond acceptors (Lipinski definition) is 4. The van der Waals surface area contributed by atoms with Gasteiger partial charge in [-0.25, -0.2) is 0 Å². The first-order valence-electron chi connectivity index (χ1n) is 8.37. The minimum atomic E-state index is -0.407. The van der Waals surface area contributed by atoms with Gasteiger partial charge in [0.25, 0.3) is 5.69 Å². The second kappa shape index (κ2) is 6.98. The molecule has 0 radical (unpaired) electrons. The minimum absolute atomic E-state index is 0.0563. The Morgan fingerprint density at radius 1 is 1.22 bits per heavy atom. The van der Waals surface area contributed by atoms with Crippen LogP contribution in [0.5, 0.6) is 0 Å². The lowest BCUT2D eigenvalue weighted by Gasteiger charge is -2.20. The molecule has 0 heterocycles. The SMILES string of the molecule is O=C(CC1CC2CCC1C2)NCCNc1ccccc1[N+](=O)[O-]. The lowest BCUT2D eigenvalue weighted by Crippen LogP contribution is -2.31. The third kappa shape index (κ3) is 3.81. The number of nitrogens with one attached hydrogen (secondary N) is 2. The van der Waals surface area contributed by atoms with Crippen LogP contribution in [0.25, 0.3) is 0 Å². The lowest BCUT2D eigenvalue weighted by atomic mass is 9.86. The number of nitro benzene ring substituents is 1. The maximum atomic E-state index is 12.0. The number of anilines is 1. The maximum Gasteiger partial charge on any atom is 0.292 e. The van der Waals surface area contributed by atoms with Crippen LogP contribution in [0, 0.1) is 27.9 Å². The van der Waals surface area contributed by atoms with Gasteiger partial charge in [-0.1, -0.05) is 18.6 Å². The van der Waals surface area contributed by atoms with Gasteiger partial charge in [0.1, 0.15) is 5.69 Å². The molecule has 2 aliphatic carbocycles. The molecule has 0 aromatic heterocycles. The second-order valence-electron chi connectivity index (χ2n) is 6.69. The molecule has 23 heavy (non-hydrogen) atoms. The van der Waals surface area contributed by atoms with Crippen molar-refractivity contribution in [3.05, 3.63) is 34.4 Å². The van der Waals surface area contributed by atoms with Gasteiger partial charge in [0, 0.05) is 25.6 Å². The zero-order valence-electron chi connectivity index (χ0n) is 13.2. The Morgan fingerprint density at radius 2 is 2.04 bits per heavy atom. The number of nitrogens with zero attached hydrogens (tertiary/aromatic N) is 1. The van der Waals surface area contributed by atoms with E-state index in [-0.39, 0.29) is 11.6 Å². The fourth-order valence-corrected chi connectivity index (χ4v) is 4.12. The Balaban J connectivity index is 1.38. The zero-order valence-corrected chi connectivity index (χ0v) is 13.2. The van der Waals surface area contributed by atoms with Crippen LogP contribution in [0.2, 0.25) is 0 Å². The average molecular weight is 317 g/mol. The van der Waals surface area contributed by atoms with E-state index in [4.69, 9.17) is 0 Å². The Bertz CT molecular complexity index is 590. The van der Waals surface area contributed by atoms with Crippen molar-refractivity contribution in [2.75, 3.05) is 18.4 Å². The van der Waals surface area contributed by atoms with E-state index >= 15 is 0 Å². The number of nitro groups is 1. The van der Waals surface area contributed by atoms with Crippen LogP contribution in [0.1, 0.15) is 32.1 Å². The molecule has 2 N–H and O–H groups in total. The number of hydrogen-bond donors (Lipinski definition) is 2. The molecule has 3 atom stereocenters. The molecule has 3 unspecified atom stereocenters. The topological polar surface area (TPSA) is 84.3 Å². The van der Waals surface area contributed by atoms with Crippen LogP contribution in [0.15, 0.2) is 24.3 Å². The summed E-state index contributed by atoms with van der Waals surface area (Å²) in [6.45, 7) is 0.957. The summed E-state index contributed by atoms with van der Waals surface area (Å²) in [6.07, 6.45) is 5.81. The van der Waals surface area contributed by atoms with Gasteiger partial charge in [0.2, 0.25) is 5.91 Å². The van der Waals surface area contributed by atoms with Crippen molar-refractivity contribution in [2.45, 2.75) is 32.1 Å². The van der Waals surface area contributed by atoms with Gasteiger partial charge < -0.3 is 10.6 Å². The second-order valence-corrected chi connectivity index (χ2v) is 6.69. The van der Waals surface area contributed by atoms with Gasteiger partial charge in [-0.15, -0.1) is 0 Å².